The first-order valence-corrected chi connectivity index (χ1v) is 12.6. The lowest BCUT2D eigenvalue weighted by atomic mass is 9.86. The molecule has 1 heterocycles. The molecule has 34 heavy (non-hydrogen) atoms. The summed E-state index contributed by atoms with van der Waals surface area (Å²) in [5.74, 6) is -2.19. The molecule has 0 radical (unpaired) electrons. The van der Waals surface area contributed by atoms with Crippen molar-refractivity contribution in [2.75, 3.05) is 19.7 Å². The molecule has 1 N–H and O–H groups in total. The van der Waals surface area contributed by atoms with Crippen molar-refractivity contribution in [3.8, 4) is 5.75 Å². The molecule has 10 heteroatoms. The predicted molar refractivity (Wildman–Crippen MR) is 121 cm³/mol. The van der Waals surface area contributed by atoms with Gasteiger partial charge in [0.2, 0.25) is 15.9 Å². The third-order valence-electron chi connectivity index (χ3n) is 5.95. The van der Waals surface area contributed by atoms with Gasteiger partial charge in [0.05, 0.1) is 6.61 Å². The molecule has 0 saturated carbocycles. The van der Waals surface area contributed by atoms with E-state index < -0.39 is 32.0 Å². The maximum Gasteiger partial charge on any atom is 0.248 e. The summed E-state index contributed by atoms with van der Waals surface area (Å²) in [7, 11) is -4.31. The molecule has 1 fully saturated rings. The molecule has 0 aliphatic carbocycles. The molecule has 0 spiro atoms. The zero-order chi connectivity index (χ0) is 24.9. The predicted octanol–water partition coefficient (Wildman–Crippen LogP) is 4.26. The highest BCUT2D eigenvalue weighted by atomic mass is 32.2. The molecule has 1 aliphatic heterocycles. The Morgan fingerprint density at radius 3 is 2.24 bits per heavy atom. The van der Waals surface area contributed by atoms with Crippen molar-refractivity contribution in [1.29, 1.82) is 0 Å². The van der Waals surface area contributed by atoms with E-state index in [0.29, 0.717) is 38.0 Å². The van der Waals surface area contributed by atoms with Gasteiger partial charge in [0, 0.05) is 24.5 Å². The second kappa shape index (κ2) is 10.8. The zero-order valence-electron chi connectivity index (χ0n) is 19.2. The Bertz CT molecular complexity index is 1080. The molecular weight excluding hydrogens is 469 g/mol. The Morgan fingerprint density at radius 1 is 1.06 bits per heavy atom. The molecule has 2 aromatic carbocycles. The lowest BCUT2D eigenvalue weighted by Crippen LogP contribution is -2.49. The lowest BCUT2D eigenvalue weighted by Gasteiger charge is -2.34. The van der Waals surface area contributed by atoms with Crippen molar-refractivity contribution in [1.82, 2.24) is 9.62 Å². The minimum Gasteiger partial charge on any atom is -0.494 e. The van der Waals surface area contributed by atoms with Gasteiger partial charge in [-0.3, -0.25) is 4.79 Å². The van der Waals surface area contributed by atoms with E-state index >= 15 is 0 Å². The average molecular weight is 499 g/mol. The maximum absolute atomic E-state index is 14.0. The fraction of sp³-hybridized carbons (Fsp3) is 0.458. The first-order chi connectivity index (χ1) is 16.0. The van der Waals surface area contributed by atoms with Crippen molar-refractivity contribution in [2.45, 2.75) is 50.5 Å². The van der Waals surface area contributed by atoms with Crippen LogP contribution in [0.25, 0.3) is 0 Å². The highest BCUT2D eigenvalue weighted by Crippen LogP contribution is 2.27. The quantitative estimate of drug-likeness (QED) is 0.525. The van der Waals surface area contributed by atoms with E-state index in [1.165, 1.54) is 12.1 Å². The molecule has 3 rings (SSSR count). The summed E-state index contributed by atoms with van der Waals surface area (Å²) in [6, 6.07) is 8.42. The highest BCUT2D eigenvalue weighted by molar-refractivity contribution is 7.89. The third-order valence-corrected chi connectivity index (χ3v) is 7.90. The SMILES string of the molecule is CC(C)(CCCOc1ccc(F)cc1)C(=O)NC1CCN(S(=O)(=O)c2c(F)cccc2F)CC1. The number of benzene rings is 2. The van der Waals surface area contributed by atoms with Crippen LogP contribution in [0, 0.1) is 22.9 Å². The summed E-state index contributed by atoms with van der Waals surface area (Å²) in [5, 5.41) is 2.97. The van der Waals surface area contributed by atoms with Gasteiger partial charge in [-0.25, -0.2) is 21.6 Å². The molecule has 0 bridgehead atoms. The normalized spacial score (nSPS) is 15.8. The summed E-state index contributed by atoms with van der Waals surface area (Å²) < 4.78 is 73.0. The fourth-order valence-electron chi connectivity index (χ4n) is 3.83. The van der Waals surface area contributed by atoms with Crippen molar-refractivity contribution in [3.63, 3.8) is 0 Å². The molecular formula is C24H29F3N2O4S. The molecule has 0 unspecified atom stereocenters. The van der Waals surface area contributed by atoms with Gasteiger partial charge in [0.1, 0.15) is 23.2 Å². The van der Waals surface area contributed by atoms with Gasteiger partial charge in [-0.1, -0.05) is 19.9 Å². The van der Waals surface area contributed by atoms with Crippen molar-refractivity contribution >= 4 is 15.9 Å². The Balaban J connectivity index is 1.47. The van der Waals surface area contributed by atoms with Crippen molar-refractivity contribution < 1.29 is 31.1 Å². The number of amides is 1. The summed E-state index contributed by atoms with van der Waals surface area (Å²) in [6.45, 7) is 4.12. The topological polar surface area (TPSA) is 75.7 Å². The largest absolute Gasteiger partial charge is 0.494 e. The summed E-state index contributed by atoms with van der Waals surface area (Å²) >= 11 is 0. The summed E-state index contributed by atoms with van der Waals surface area (Å²) in [4.78, 5) is 11.9. The van der Waals surface area contributed by atoms with Crippen LogP contribution >= 0.6 is 0 Å². The third kappa shape index (κ3) is 6.29. The van der Waals surface area contributed by atoms with Crippen molar-refractivity contribution in [3.05, 3.63) is 59.9 Å². The van der Waals surface area contributed by atoms with Gasteiger partial charge in [-0.05, 0) is 62.1 Å². The summed E-state index contributed by atoms with van der Waals surface area (Å²) in [5.41, 5.74) is -0.675. The number of piperidine rings is 1. The first kappa shape index (κ1) is 26.0. The number of ether oxygens (including phenoxy) is 1. The van der Waals surface area contributed by atoms with Gasteiger partial charge in [0.15, 0.2) is 4.90 Å². The molecule has 6 nitrogen and oxygen atoms in total. The number of carbonyl (C=O) groups is 1. The molecule has 1 saturated heterocycles. The standard InChI is InChI=1S/C24H29F3N2O4S/c1-24(2,13-4-16-33-19-9-7-17(25)8-10-19)23(30)28-18-11-14-29(15-12-18)34(31,32)22-20(26)5-3-6-21(22)27/h3,5-10,18H,4,11-16H2,1-2H3,(H,28,30). The monoisotopic (exact) mass is 498 g/mol. The first-order valence-electron chi connectivity index (χ1n) is 11.1. The number of halogens is 3. The molecule has 1 amide bonds. The van der Waals surface area contributed by atoms with Crippen LogP contribution in [0.4, 0.5) is 13.2 Å². The number of carbonyl (C=O) groups excluding carboxylic acids is 1. The van der Waals surface area contributed by atoms with Gasteiger partial charge >= 0.3 is 0 Å². The van der Waals surface area contributed by atoms with Crippen LogP contribution in [0.1, 0.15) is 39.5 Å². The Kier molecular flexibility index (Phi) is 8.25. The van der Waals surface area contributed by atoms with Crippen LogP contribution < -0.4 is 10.1 Å². The van der Waals surface area contributed by atoms with Gasteiger partial charge < -0.3 is 10.1 Å². The van der Waals surface area contributed by atoms with Crippen LogP contribution in [0.3, 0.4) is 0 Å². The number of hydrogen-bond acceptors (Lipinski definition) is 4. The van der Waals surface area contributed by atoms with E-state index in [-0.39, 0.29) is 30.9 Å². The minimum absolute atomic E-state index is 0.0486. The molecule has 2 aromatic rings. The lowest BCUT2D eigenvalue weighted by molar-refractivity contribution is -0.130. The second-order valence-electron chi connectivity index (χ2n) is 8.99. The van der Waals surface area contributed by atoms with Crippen LogP contribution in [0.15, 0.2) is 47.4 Å². The number of sulfonamides is 1. The fourth-order valence-corrected chi connectivity index (χ4v) is 5.41. The van der Waals surface area contributed by atoms with Crippen LogP contribution in [0.5, 0.6) is 5.75 Å². The second-order valence-corrected chi connectivity index (χ2v) is 10.9. The van der Waals surface area contributed by atoms with E-state index in [1.54, 1.807) is 12.1 Å². The van der Waals surface area contributed by atoms with E-state index in [2.05, 4.69) is 5.32 Å². The molecule has 0 aromatic heterocycles. The number of nitrogens with zero attached hydrogens (tertiary/aromatic N) is 1. The summed E-state index contributed by atoms with van der Waals surface area (Å²) in [6.07, 6.45) is 1.85. The van der Waals surface area contributed by atoms with E-state index in [4.69, 9.17) is 4.74 Å². The maximum atomic E-state index is 14.0. The minimum atomic E-state index is -4.31. The van der Waals surface area contributed by atoms with Crippen LogP contribution in [0.2, 0.25) is 0 Å². The van der Waals surface area contributed by atoms with E-state index in [1.807, 2.05) is 13.8 Å². The zero-order valence-corrected chi connectivity index (χ0v) is 20.0. The van der Waals surface area contributed by atoms with Gasteiger partial charge in [-0.2, -0.15) is 4.31 Å². The Hall–Kier alpha value is -2.59. The van der Waals surface area contributed by atoms with Gasteiger partial charge in [-0.15, -0.1) is 0 Å². The number of nitrogens with one attached hydrogen (secondary N) is 1. The Labute approximate surface area is 198 Å². The van der Waals surface area contributed by atoms with Gasteiger partial charge in [0.25, 0.3) is 0 Å². The average Bonchev–Trinajstić information content (AvgIpc) is 2.78. The highest BCUT2D eigenvalue weighted by Gasteiger charge is 2.35. The van der Waals surface area contributed by atoms with E-state index in [0.717, 1.165) is 22.5 Å². The molecule has 186 valence electrons. The number of hydrogen-bond donors (Lipinski definition) is 1. The molecule has 1 aliphatic rings. The molecule has 0 atom stereocenters. The van der Waals surface area contributed by atoms with Crippen LogP contribution in [-0.4, -0.2) is 44.4 Å². The Morgan fingerprint density at radius 2 is 1.65 bits per heavy atom. The number of rotatable bonds is 9. The van der Waals surface area contributed by atoms with Crippen LogP contribution in [-0.2, 0) is 14.8 Å². The smallest absolute Gasteiger partial charge is 0.248 e. The van der Waals surface area contributed by atoms with Crippen molar-refractivity contribution in [2.24, 2.45) is 5.41 Å². The van der Waals surface area contributed by atoms with E-state index in [9.17, 15) is 26.4 Å².